The topological polar surface area (TPSA) is 60.2 Å². The normalized spacial score (nSPS) is 18.2. The number of rotatable bonds is 4. The van der Waals surface area contributed by atoms with Gasteiger partial charge in [-0.25, -0.2) is 0 Å². The quantitative estimate of drug-likeness (QED) is 0.837. The van der Waals surface area contributed by atoms with Crippen LogP contribution in [0.2, 0.25) is 0 Å². The summed E-state index contributed by atoms with van der Waals surface area (Å²) in [7, 11) is 0. The summed E-state index contributed by atoms with van der Waals surface area (Å²) in [5.41, 5.74) is 0. The molecule has 0 aliphatic carbocycles. The standard InChI is InChI=1S/C14H16N4O2/c19-14(11-20-13-4-2-1-3-5-13)17-9-6-12(10-17)18-15-7-8-16-18/h1-5,7-8,12H,6,9-11H2. The third kappa shape index (κ3) is 2.79. The molecule has 0 spiro atoms. The Morgan fingerprint density at radius 2 is 2.00 bits per heavy atom. The Labute approximate surface area is 117 Å². The van der Waals surface area contributed by atoms with Crippen LogP contribution in [0.4, 0.5) is 0 Å². The Morgan fingerprint density at radius 1 is 1.25 bits per heavy atom. The molecule has 1 atom stereocenters. The number of hydrogen-bond acceptors (Lipinski definition) is 4. The summed E-state index contributed by atoms with van der Waals surface area (Å²) in [6, 6.07) is 9.54. The molecule has 0 N–H and O–H groups in total. The maximum Gasteiger partial charge on any atom is 0.260 e. The molecule has 1 fully saturated rings. The lowest BCUT2D eigenvalue weighted by Crippen LogP contribution is -2.33. The molecule has 1 amide bonds. The molecule has 0 bridgehead atoms. The number of nitrogens with zero attached hydrogens (tertiary/aromatic N) is 4. The second-order valence-corrected chi connectivity index (χ2v) is 4.73. The fraction of sp³-hybridized carbons (Fsp3) is 0.357. The van der Waals surface area contributed by atoms with Gasteiger partial charge in [-0.2, -0.15) is 15.0 Å². The van der Waals surface area contributed by atoms with Crippen molar-refractivity contribution >= 4 is 5.91 Å². The van der Waals surface area contributed by atoms with E-state index in [2.05, 4.69) is 10.2 Å². The first kappa shape index (κ1) is 12.7. The zero-order valence-electron chi connectivity index (χ0n) is 11.1. The number of carbonyl (C=O) groups is 1. The molecule has 1 aliphatic heterocycles. The summed E-state index contributed by atoms with van der Waals surface area (Å²) in [5.74, 6) is 0.717. The van der Waals surface area contributed by atoms with Gasteiger partial charge < -0.3 is 9.64 Å². The molecular weight excluding hydrogens is 256 g/mol. The van der Waals surface area contributed by atoms with Crippen molar-refractivity contribution < 1.29 is 9.53 Å². The molecule has 1 unspecified atom stereocenters. The zero-order valence-corrected chi connectivity index (χ0v) is 11.1. The summed E-state index contributed by atoms with van der Waals surface area (Å²) >= 11 is 0. The molecule has 20 heavy (non-hydrogen) atoms. The summed E-state index contributed by atoms with van der Waals surface area (Å²) in [4.78, 5) is 15.6. The molecule has 6 nitrogen and oxygen atoms in total. The van der Waals surface area contributed by atoms with Crippen molar-refractivity contribution in [1.29, 1.82) is 0 Å². The molecule has 6 heteroatoms. The Morgan fingerprint density at radius 3 is 2.75 bits per heavy atom. The van der Waals surface area contributed by atoms with E-state index < -0.39 is 0 Å². The number of ether oxygens (including phenoxy) is 1. The van der Waals surface area contributed by atoms with E-state index in [-0.39, 0.29) is 18.6 Å². The molecule has 3 rings (SSSR count). The van der Waals surface area contributed by atoms with Gasteiger partial charge in [0.05, 0.1) is 18.4 Å². The molecular formula is C14H16N4O2. The third-order valence-electron chi connectivity index (χ3n) is 3.38. The van der Waals surface area contributed by atoms with Crippen LogP contribution < -0.4 is 4.74 Å². The SMILES string of the molecule is O=C(COc1ccccc1)N1CCC(n2nccn2)C1. The molecule has 1 aromatic carbocycles. The van der Waals surface area contributed by atoms with Crippen LogP contribution in [-0.2, 0) is 4.79 Å². The van der Waals surface area contributed by atoms with E-state index >= 15 is 0 Å². The van der Waals surface area contributed by atoms with Gasteiger partial charge in [-0.05, 0) is 18.6 Å². The molecule has 0 radical (unpaired) electrons. The molecule has 104 valence electrons. The van der Waals surface area contributed by atoms with Gasteiger partial charge in [-0.1, -0.05) is 18.2 Å². The second kappa shape index (κ2) is 5.73. The number of benzene rings is 1. The summed E-state index contributed by atoms with van der Waals surface area (Å²) in [6.45, 7) is 1.44. The molecule has 1 aromatic heterocycles. The van der Waals surface area contributed by atoms with E-state index in [0.717, 1.165) is 13.0 Å². The van der Waals surface area contributed by atoms with Crippen LogP contribution in [0.15, 0.2) is 42.7 Å². The van der Waals surface area contributed by atoms with Crippen molar-refractivity contribution in [3.63, 3.8) is 0 Å². The first-order chi connectivity index (χ1) is 9.83. The zero-order chi connectivity index (χ0) is 13.8. The van der Waals surface area contributed by atoms with Crippen LogP contribution in [0, 0.1) is 0 Å². The monoisotopic (exact) mass is 272 g/mol. The molecule has 2 heterocycles. The van der Waals surface area contributed by atoms with Crippen LogP contribution in [0.5, 0.6) is 5.75 Å². The highest BCUT2D eigenvalue weighted by atomic mass is 16.5. The van der Waals surface area contributed by atoms with E-state index in [1.165, 1.54) is 0 Å². The van der Waals surface area contributed by atoms with Crippen LogP contribution >= 0.6 is 0 Å². The van der Waals surface area contributed by atoms with Gasteiger partial charge >= 0.3 is 0 Å². The molecule has 1 saturated heterocycles. The maximum atomic E-state index is 12.1. The van der Waals surface area contributed by atoms with Crippen LogP contribution in [0.3, 0.4) is 0 Å². The van der Waals surface area contributed by atoms with Crippen molar-refractivity contribution in [1.82, 2.24) is 19.9 Å². The highest BCUT2D eigenvalue weighted by Gasteiger charge is 2.28. The number of carbonyl (C=O) groups excluding carboxylic acids is 1. The van der Waals surface area contributed by atoms with Crippen LogP contribution in [0.25, 0.3) is 0 Å². The third-order valence-corrected chi connectivity index (χ3v) is 3.38. The van der Waals surface area contributed by atoms with Gasteiger partial charge in [-0.3, -0.25) is 4.79 Å². The van der Waals surface area contributed by atoms with Gasteiger partial charge in [0.25, 0.3) is 5.91 Å². The summed E-state index contributed by atoms with van der Waals surface area (Å²) in [6.07, 6.45) is 4.19. The lowest BCUT2D eigenvalue weighted by molar-refractivity contribution is -0.132. The van der Waals surface area contributed by atoms with Gasteiger partial charge in [0.15, 0.2) is 6.61 Å². The van der Waals surface area contributed by atoms with E-state index in [9.17, 15) is 4.79 Å². The van der Waals surface area contributed by atoms with Gasteiger partial charge in [0.2, 0.25) is 0 Å². The smallest absolute Gasteiger partial charge is 0.260 e. The minimum Gasteiger partial charge on any atom is -0.484 e. The van der Waals surface area contributed by atoms with Crippen molar-refractivity contribution in [2.24, 2.45) is 0 Å². The van der Waals surface area contributed by atoms with Crippen molar-refractivity contribution in [3.8, 4) is 5.75 Å². The van der Waals surface area contributed by atoms with E-state index in [0.29, 0.717) is 12.3 Å². The van der Waals surface area contributed by atoms with Gasteiger partial charge in [0, 0.05) is 13.1 Å². The van der Waals surface area contributed by atoms with Crippen molar-refractivity contribution in [2.75, 3.05) is 19.7 Å². The number of aromatic nitrogens is 3. The molecule has 2 aromatic rings. The summed E-state index contributed by atoms with van der Waals surface area (Å²) < 4.78 is 5.48. The summed E-state index contributed by atoms with van der Waals surface area (Å²) in [5, 5.41) is 8.24. The predicted molar refractivity (Wildman–Crippen MR) is 72.2 cm³/mol. The van der Waals surface area contributed by atoms with E-state index in [4.69, 9.17) is 4.74 Å². The maximum absolute atomic E-state index is 12.1. The Hall–Kier alpha value is -2.37. The average Bonchev–Trinajstić information content (AvgIpc) is 3.16. The van der Waals surface area contributed by atoms with E-state index in [1.807, 2.05) is 30.3 Å². The number of para-hydroxylation sites is 1. The fourth-order valence-corrected chi connectivity index (χ4v) is 2.32. The van der Waals surface area contributed by atoms with Crippen LogP contribution in [0.1, 0.15) is 12.5 Å². The minimum absolute atomic E-state index is 0.00325. The lowest BCUT2D eigenvalue weighted by Gasteiger charge is -2.16. The average molecular weight is 272 g/mol. The number of hydrogen-bond donors (Lipinski definition) is 0. The number of amides is 1. The van der Waals surface area contributed by atoms with E-state index in [1.54, 1.807) is 22.1 Å². The molecule has 1 aliphatic rings. The highest BCUT2D eigenvalue weighted by molar-refractivity contribution is 5.78. The second-order valence-electron chi connectivity index (χ2n) is 4.73. The minimum atomic E-state index is 0.00325. The highest BCUT2D eigenvalue weighted by Crippen LogP contribution is 2.19. The predicted octanol–water partition coefficient (Wildman–Crippen LogP) is 1.13. The van der Waals surface area contributed by atoms with Crippen LogP contribution in [-0.4, -0.2) is 45.5 Å². The Balaban J connectivity index is 1.51. The fourth-order valence-electron chi connectivity index (χ4n) is 2.32. The van der Waals surface area contributed by atoms with Gasteiger partial charge in [0.1, 0.15) is 5.75 Å². The lowest BCUT2D eigenvalue weighted by atomic mass is 10.3. The molecule has 0 saturated carbocycles. The first-order valence-corrected chi connectivity index (χ1v) is 6.64. The van der Waals surface area contributed by atoms with Crippen molar-refractivity contribution in [3.05, 3.63) is 42.7 Å². The van der Waals surface area contributed by atoms with Crippen molar-refractivity contribution in [2.45, 2.75) is 12.5 Å². The largest absolute Gasteiger partial charge is 0.484 e. The first-order valence-electron chi connectivity index (χ1n) is 6.64. The Bertz CT molecular complexity index is 556. The Kier molecular flexibility index (Phi) is 3.62. The number of likely N-dealkylation sites (tertiary alicyclic amines) is 1. The van der Waals surface area contributed by atoms with Gasteiger partial charge in [-0.15, -0.1) is 0 Å².